The number of piperazine rings is 1. The van der Waals surface area contributed by atoms with Crippen LogP contribution in [-0.2, 0) is 6.54 Å². The van der Waals surface area contributed by atoms with Crippen molar-refractivity contribution >= 4 is 26.7 Å². The lowest BCUT2D eigenvalue weighted by molar-refractivity contribution is 0.169. The van der Waals surface area contributed by atoms with Crippen LogP contribution < -0.4 is 4.90 Å². The van der Waals surface area contributed by atoms with E-state index in [1.165, 1.54) is 10.3 Å². The number of tetrazole rings is 1. The van der Waals surface area contributed by atoms with E-state index in [-0.39, 0.29) is 6.04 Å². The molecule has 8 heteroatoms. The van der Waals surface area contributed by atoms with Crippen molar-refractivity contribution in [1.29, 1.82) is 0 Å². The molecule has 1 aliphatic heterocycles. The molecule has 4 aromatic rings. The standard InChI is InChI=1S/C22H25N7S/c1-2-19(21-24-25-26-29(21)16-17-8-4-3-5-9-17)27-12-14-28(15-13-27)22-23-18-10-6-7-11-20(18)30-22/h3-11,19H,2,12-16H2,1H3/t19-/m1/s1. The summed E-state index contributed by atoms with van der Waals surface area (Å²) < 4.78 is 3.20. The quantitative estimate of drug-likeness (QED) is 0.476. The SMILES string of the molecule is CC[C@H](c1nnnn1Cc1ccccc1)N1CCN(c2nc3ccccc3s2)CC1. The molecule has 1 fully saturated rings. The zero-order valence-corrected chi connectivity index (χ0v) is 17.9. The second-order valence-electron chi connectivity index (χ2n) is 7.59. The monoisotopic (exact) mass is 419 g/mol. The molecule has 0 saturated carbocycles. The van der Waals surface area contributed by atoms with Crippen molar-refractivity contribution in [2.24, 2.45) is 0 Å². The summed E-state index contributed by atoms with van der Waals surface area (Å²) in [5, 5.41) is 13.8. The second-order valence-corrected chi connectivity index (χ2v) is 8.60. The van der Waals surface area contributed by atoms with E-state index in [2.05, 4.69) is 80.8 Å². The van der Waals surface area contributed by atoms with Crippen molar-refractivity contribution in [2.75, 3.05) is 31.1 Å². The van der Waals surface area contributed by atoms with Crippen molar-refractivity contribution in [2.45, 2.75) is 25.9 Å². The van der Waals surface area contributed by atoms with Gasteiger partial charge in [-0.2, -0.15) is 0 Å². The van der Waals surface area contributed by atoms with Crippen molar-refractivity contribution in [3.05, 3.63) is 66.0 Å². The largest absolute Gasteiger partial charge is 0.345 e. The Hall–Kier alpha value is -2.84. The van der Waals surface area contributed by atoms with Gasteiger partial charge in [0.15, 0.2) is 11.0 Å². The molecular weight excluding hydrogens is 394 g/mol. The molecule has 0 spiro atoms. The molecule has 1 saturated heterocycles. The zero-order chi connectivity index (χ0) is 20.3. The zero-order valence-electron chi connectivity index (χ0n) is 17.1. The summed E-state index contributed by atoms with van der Waals surface area (Å²) in [7, 11) is 0. The maximum absolute atomic E-state index is 4.83. The van der Waals surface area contributed by atoms with Crippen LogP contribution in [0.3, 0.4) is 0 Å². The Morgan fingerprint density at radius 2 is 1.73 bits per heavy atom. The number of fused-ring (bicyclic) bond motifs is 1. The number of aromatic nitrogens is 5. The third-order valence-corrected chi connectivity index (χ3v) is 6.82. The molecule has 30 heavy (non-hydrogen) atoms. The predicted molar refractivity (Wildman–Crippen MR) is 120 cm³/mol. The van der Waals surface area contributed by atoms with Gasteiger partial charge in [-0.15, -0.1) is 5.10 Å². The Balaban J connectivity index is 1.29. The van der Waals surface area contributed by atoms with Gasteiger partial charge in [-0.05, 0) is 34.5 Å². The molecule has 1 atom stereocenters. The fourth-order valence-electron chi connectivity index (χ4n) is 4.14. The third-order valence-electron chi connectivity index (χ3n) is 5.73. The molecule has 0 aliphatic carbocycles. The van der Waals surface area contributed by atoms with Crippen LogP contribution in [0, 0.1) is 0 Å². The van der Waals surface area contributed by atoms with Gasteiger partial charge in [0, 0.05) is 26.2 Å². The van der Waals surface area contributed by atoms with Crippen LogP contribution in [-0.4, -0.2) is 56.3 Å². The third kappa shape index (κ3) is 3.80. The molecule has 1 aliphatic rings. The Morgan fingerprint density at radius 1 is 0.967 bits per heavy atom. The van der Waals surface area contributed by atoms with Crippen molar-refractivity contribution in [1.82, 2.24) is 30.1 Å². The van der Waals surface area contributed by atoms with Gasteiger partial charge in [-0.1, -0.05) is 60.7 Å². The molecule has 0 amide bonds. The minimum Gasteiger partial charge on any atom is -0.345 e. The number of anilines is 1. The van der Waals surface area contributed by atoms with Crippen molar-refractivity contribution in [3.63, 3.8) is 0 Å². The number of nitrogens with zero attached hydrogens (tertiary/aromatic N) is 7. The topological polar surface area (TPSA) is 63.0 Å². The van der Waals surface area contributed by atoms with Gasteiger partial charge < -0.3 is 4.90 Å². The Bertz CT molecular complexity index is 1070. The Kier molecular flexibility index (Phi) is 5.42. The average molecular weight is 420 g/mol. The molecule has 2 aromatic heterocycles. The van der Waals surface area contributed by atoms with Gasteiger partial charge in [-0.25, -0.2) is 9.67 Å². The van der Waals surface area contributed by atoms with Gasteiger partial charge >= 0.3 is 0 Å². The molecule has 5 rings (SSSR count). The Labute approximate surface area is 180 Å². The molecule has 0 unspecified atom stereocenters. The van der Waals surface area contributed by atoms with Gasteiger partial charge in [-0.3, -0.25) is 4.90 Å². The first-order chi connectivity index (χ1) is 14.8. The number of para-hydroxylation sites is 1. The molecule has 0 bridgehead atoms. The van der Waals surface area contributed by atoms with Gasteiger partial charge in [0.1, 0.15) is 0 Å². The maximum Gasteiger partial charge on any atom is 0.186 e. The van der Waals surface area contributed by atoms with Crippen LogP contribution in [0.1, 0.15) is 30.8 Å². The number of hydrogen-bond acceptors (Lipinski definition) is 7. The number of thiazole rings is 1. The van der Waals surface area contributed by atoms with Crippen molar-refractivity contribution in [3.8, 4) is 0 Å². The molecule has 7 nitrogen and oxygen atoms in total. The highest BCUT2D eigenvalue weighted by atomic mass is 32.1. The summed E-state index contributed by atoms with van der Waals surface area (Å²) in [5.41, 5.74) is 2.30. The van der Waals surface area contributed by atoms with Gasteiger partial charge in [0.05, 0.1) is 22.8 Å². The van der Waals surface area contributed by atoms with Crippen LogP contribution in [0.15, 0.2) is 54.6 Å². The Morgan fingerprint density at radius 3 is 2.50 bits per heavy atom. The number of rotatable bonds is 6. The first kappa shape index (κ1) is 19.1. The van der Waals surface area contributed by atoms with Crippen LogP contribution in [0.25, 0.3) is 10.2 Å². The van der Waals surface area contributed by atoms with E-state index >= 15 is 0 Å². The lowest BCUT2D eigenvalue weighted by Gasteiger charge is -2.38. The lowest BCUT2D eigenvalue weighted by atomic mass is 10.1. The molecule has 154 valence electrons. The molecule has 3 heterocycles. The minimum atomic E-state index is 0.223. The van der Waals surface area contributed by atoms with E-state index in [4.69, 9.17) is 4.98 Å². The van der Waals surface area contributed by atoms with Crippen LogP contribution in [0.5, 0.6) is 0 Å². The summed E-state index contributed by atoms with van der Waals surface area (Å²) in [5.74, 6) is 0.954. The van der Waals surface area contributed by atoms with Crippen LogP contribution in [0.2, 0.25) is 0 Å². The van der Waals surface area contributed by atoms with Crippen LogP contribution >= 0.6 is 11.3 Å². The van der Waals surface area contributed by atoms with E-state index in [9.17, 15) is 0 Å². The summed E-state index contributed by atoms with van der Waals surface area (Å²) >= 11 is 1.78. The summed E-state index contributed by atoms with van der Waals surface area (Å²) in [4.78, 5) is 9.74. The highest BCUT2D eigenvalue weighted by molar-refractivity contribution is 7.22. The van der Waals surface area contributed by atoms with E-state index in [0.717, 1.165) is 49.1 Å². The summed E-state index contributed by atoms with van der Waals surface area (Å²) in [6, 6.07) is 19.0. The molecule has 2 aromatic carbocycles. The van der Waals surface area contributed by atoms with Crippen molar-refractivity contribution < 1.29 is 0 Å². The van der Waals surface area contributed by atoms with Gasteiger partial charge in [0.2, 0.25) is 0 Å². The molecule has 0 N–H and O–H groups in total. The minimum absolute atomic E-state index is 0.223. The van der Waals surface area contributed by atoms with Gasteiger partial charge in [0.25, 0.3) is 0 Å². The first-order valence-corrected chi connectivity index (χ1v) is 11.3. The van der Waals surface area contributed by atoms with E-state index < -0.39 is 0 Å². The first-order valence-electron chi connectivity index (χ1n) is 10.5. The fraction of sp³-hybridized carbons (Fsp3) is 0.364. The molecular formula is C22H25N7S. The summed E-state index contributed by atoms with van der Waals surface area (Å²) in [6.45, 7) is 6.81. The highest BCUT2D eigenvalue weighted by Gasteiger charge is 2.28. The maximum atomic E-state index is 4.83. The second kappa shape index (κ2) is 8.49. The lowest BCUT2D eigenvalue weighted by Crippen LogP contribution is -2.48. The normalized spacial score (nSPS) is 16.2. The van der Waals surface area contributed by atoms with E-state index in [0.29, 0.717) is 6.54 Å². The average Bonchev–Trinajstić information content (AvgIpc) is 3.43. The number of hydrogen-bond donors (Lipinski definition) is 0. The van der Waals surface area contributed by atoms with E-state index in [1.807, 2.05) is 10.7 Å². The van der Waals surface area contributed by atoms with E-state index in [1.54, 1.807) is 11.3 Å². The summed E-state index contributed by atoms with van der Waals surface area (Å²) in [6.07, 6.45) is 0.982. The smallest absolute Gasteiger partial charge is 0.186 e. The number of benzene rings is 2. The molecule has 0 radical (unpaired) electrons. The van der Waals surface area contributed by atoms with Crippen LogP contribution in [0.4, 0.5) is 5.13 Å². The fourth-order valence-corrected chi connectivity index (χ4v) is 5.16. The predicted octanol–water partition coefficient (Wildman–Crippen LogP) is 3.60. The highest BCUT2D eigenvalue weighted by Crippen LogP contribution is 2.31.